The van der Waals surface area contributed by atoms with Crippen molar-refractivity contribution in [2.24, 2.45) is 0 Å². The third kappa shape index (κ3) is 3.60. The highest BCUT2D eigenvalue weighted by molar-refractivity contribution is 7.11. The molecule has 0 amide bonds. The molecule has 1 atom stereocenters. The summed E-state index contributed by atoms with van der Waals surface area (Å²) in [6.07, 6.45) is 4.09. The van der Waals surface area contributed by atoms with Crippen LogP contribution in [0.15, 0.2) is 11.6 Å². The highest BCUT2D eigenvalue weighted by Crippen LogP contribution is 2.24. The second-order valence-corrected chi connectivity index (χ2v) is 6.68. The zero-order valence-electron chi connectivity index (χ0n) is 11.1. The molecule has 2 heterocycles. The summed E-state index contributed by atoms with van der Waals surface area (Å²) in [6.45, 7) is 7.33. The number of hydrogen-bond acceptors (Lipinski definition) is 5. The Morgan fingerprint density at radius 2 is 2.17 bits per heavy atom. The number of aryl methyl sites for hydroxylation is 2. The fourth-order valence-electron chi connectivity index (χ4n) is 1.84. The van der Waals surface area contributed by atoms with E-state index in [2.05, 4.69) is 41.4 Å². The summed E-state index contributed by atoms with van der Waals surface area (Å²) in [5.74, 6) is 0. The Hall–Kier alpha value is -0.780. The SMILES string of the molecule is CCCNC(Cc1csc(C)n1)c1cnc(C)s1. The molecule has 98 valence electrons. The molecule has 0 saturated heterocycles. The molecule has 0 fully saturated rings. The Balaban J connectivity index is 2.09. The number of rotatable bonds is 6. The van der Waals surface area contributed by atoms with E-state index in [1.807, 2.05) is 6.20 Å². The van der Waals surface area contributed by atoms with E-state index in [0.717, 1.165) is 29.4 Å². The van der Waals surface area contributed by atoms with Crippen molar-refractivity contribution in [2.75, 3.05) is 6.54 Å². The molecule has 18 heavy (non-hydrogen) atoms. The molecule has 0 saturated carbocycles. The van der Waals surface area contributed by atoms with Crippen LogP contribution in [0.5, 0.6) is 0 Å². The van der Waals surface area contributed by atoms with Gasteiger partial charge in [-0.1, -0.05) is 6.92 Å². The molecule has 0 radical (unpaired) electrons. The van der Waals surface area contributed by atoms with Crippen molar-refractivity contribution >= 4 is 22.7 Å². The van der Waals surface area contributed by atoms with E-state index in [4.69, 9.17) is 0 Å². The van der Waals surface area contributed by atoms with Gasteiger partial charge in [-0.25, -0.2) is 9.97 Å². The maximum absolute atomic E-state index is 4.55. The second-order valence-electron chi connectivity index (χ2n) is 4.35. The molecule has 1 unspecified atom stereocenters. The summed E-state index contributed by atoms with van der Waals surface area (Å²) in [6, 6.07) is 0.345. The fourth-order valence-corrected chi connectivity index (χ4v) is 3.33. The molecular weight excluding hydrogens is 262 g/mol. The molecule has 0 aliphatic rings. The molecule has 2 aromatic rings. The van der Waals surface area contributed by atoms with E-state index < -0.39 is 0 Å². The minimum Gasteiger partial charge on any atom is -0.309 e. The first-order chi connectivity index (χ1) is 8.69. The van der Waals surface area contributed by atoms with Crippen LogP contribution in [-0.4, -0.2) is 16.5 Å². The summed E-state index contributed by atoms with van der Waals surface area (Å²) in [7, 11) is 0. The maximum atomic E-state index is 4.55. The molecular formula is C13H19N3S2. The van der Waals surface area contributed by atoms with Crippen LogP contribution in [0.2, 0.25) is 0 Å². The predicted molar refractivity (Wildman–Crippen MR) is 78.4 cm³/mol. The van der Waals surface area contributed by atoms with Gasteiger partial charge in [0.05, 0.1) is 15.7 Å². The van der Waals surface area contributed by atoms with Gasteiger partial charge in [-0.15, -0.1) is 22.7 Å². The molecule has 0 aromatic carbocycles. The Morgan fingerprint density at radius 1 is 1.33 bits per heavy atom. The van der Waals surface area contributed by atoms with Crippen molar-refractivity contribution in [3.05, 3.63) is 32.2 Å². The van der Waals surface area contributed by atoms with Crippen molar-refractivity contribution in [3.63, 3.8) is 0 Å². The highest BCUT2D eigenvalue weighted by Gasteiger charge is 2.15. The number of nitrogens with one attached hydrogen (secondary N) is 1. The lowest BCUT2D eigenvalue weighted by Gasteiger charge is -2.15. The summed E-state index contributed by atoms with van der Waals surface area (Å²) in [5.41, 5.74) is 1.18. The molecule has 0 aliphatic heterocycles. The van der Waals surface area contributed by atoms with E-state index in [-0.39, 0.29) is 0 Å². The van der Waals surface area contributed by atoms with Crippen LogP contribution in [-0.2, 0) is 6.42 Å². The fraction of sp³-hybridized carbons (Fsp3) is 0.538. The Kier molecular flexibility index (Phi) is 4.86. The monoisotopic (exact) mass is 281 g/mol. The number of thiazole rings is 2. The van der Waals surface area contributed by atoms with Crippen molar-refractivity contribution < 1.29 is 0 Å². The van der Waals surface area contributed by atoms with Gasteiger partial charge in [-0.2, -0.15) is 0 Å². The largest absolute Gasteiger partial charge is 0.309 e. The lowest BCUT2D eigenvalue weighted by molar-refractivity contribution is 0.531. The standard InChI is InChI=1S/C13H19N3S2/c1-4-5-14-12(13-7-15-9(2)18-13)6-11-8-17-10(3)16-11/h7-8,12,14H,4-6H2,1-3H3. The molecule has 0 bridgehead atoms. The molecule has 3 nitrogen and oxygen atoms in total. The van der Waals surface area contributed by atoms with Crippen molar-refractivity contribution in [1.82, 2.24) is 15.3 Å². The predicted octanol–water partition coefficient (Wildman–Crippen LogP) is 3.50. The first kappa shape index (κ1) is 13.6. The van der Waals surface area contributed by atoms with Crippen LogP contribution in [0.1, 0.15) is 40.0 Å². The van der Waals surface area contributed by atoms with Crippen LogP contribution in [0.4, 0.5) is 0 Å². The van der Waals surface area contributed by atoms with Gasteiger partial charge in [0.1, 0.15) is 0 Å². The van der Waals surface area contributed by atoms with E-state index in [0.29, 0.717) is 6.04 Å². The van der Waals surface area contributed by atoms with Gasteiger partial charge in [-0.05, 0) is 26.8 Å². The van der Waals surface area contributed by atoms with E-state index in [1.54, 1.807) is 22.7 Å². The summed E-state index contributed by atoms with van der Waals surface area (Å²) in [4.78, 5) is 10.2. The molecule has 1 N–H and O–H groups in total. The van der Waals surface area contributed by atoms with Crippen molar-refractivity contribution in [2.45, 2.75) is 39.7 Å². The highest BCUT2D eigenvalue weighted by atomic mass is 32.1. The van der Waals surface area contributed by atoms with Crippen molar-refractivity contribution in [3.8, 4) is 0 Å². The second kappa shape index (κ2) is 6.41. The number of nitrogens with zero attached hydrogens (tertiary/aromatic N) is 2. The third-order valence-electron chi connectivity index (χ3n) is 2.70. The Bertz CT molecular complexity index is 490. The van der Waals surface area contributed by atoms with Crippen LogP contribution in [0, 0.1) is 13.8 Å². The minimum absolute atomic E-state index is 0.345. The molecule has 2 rings (SSSR count). The first-order valence-electron chi connectivity index (χ1n) is 6.25. The average Bonchev–Trinajstić information content (AvgIpc) is 2.93. The van der Waals surface area contributed by atoms with Crippen LogP contribution in [0.25, 0.3) is 0 Å². The minimum atomic E-state index is 0.345. The van der Waals surface area contributed by atoms with E-state index >= 15 is 0 Å². The topological polar surface area (TPSA) is 37.8 Å². The van der Waals surface area contributed by atoms with Crippen LogP contribution in [0.3, 0.4) is 0 Å². The Morgan fingerprint density at radius 3 is 2.72 bits per heavy atom. The summed E-state index contributed by atoms with van der Waals surface area (Å²) in [5, 5.41) is 8.01. The molecule has 0 aliphatic carbocycles. The zero-order valence-corrected chi connectivity index (χ0v) is 12.7. The quantitative estimate of drug-likeness (QED) is 0.880. The van der Waals surface area contributed by atoms with Crippen LogP contribution >= 0.6 is 22.7 Å². The maximum Gasteiger partial charge on any atom is 0.0897 e. The summed E-state index contributed by atoms with van der Waals surface area (Å²) < 4.78 is 0. The summed E-state index contributed by atoms with van der Waals surface area (Å²) >= 11 is 3.49. The number of aromatic nitrogens is 2. The lowest BCUT2D eigenvalue weighted by atomic mass is 10.1. The van der Waals surface area contributed by atoms with Gasteiger partial charge in [0, 0.05) is 28.9 Å². The molecule has 5 heteroatoms. The normalized spacial score (nSPS) is 12.8. The molecule has 2 aromatic heterocycles. The lowest BCUT2D eigenvalue weighted by Crippen LogP contribution is -2.23. The Labute approximate surface area is 116 Å². The van der Waals surface area contributed by atoms with E-state index in [1.165, 1.54) is 10.6 Å². The van der Waals surface area contributed by atoms with Crippen LogP contribution < -0.4 is 5.32 Å². The zero-order chi connectivity index (χ0) is 13.0. The van der Waals surface area contributed by atoms with Gasteiger partial charge in [0.2, 0.25) is 0 Å². The van der Waals surface area contributed by atoms with Gasteiger partial charge < -0.3 is 5.32 Å². The van der Waals surface area contributed by atoms with Gasteiger partial charge in [0.15, 0.2) is 0 Å². The smallest absolute Gasteiger partial charge is 0.0897 e. The molecule has 0 spiro atoms. The third-order valence-corrected chi connectivity index (χ3v) is 4.55. The van der Waals surface area contributed by atoms with E-state index in [9.17, 15) is 0 Å². The van der Waals surface area contributed by atoms with Crippen molar-refractivity contribution in [1.29, 1.82) is 0 Å². The average molecular weight is 281 g/mol. The number of hydrogen-bond donors (Lipinski definition) is 1. The first-order valence-corrected chi connectivity index (χ1v) is 7.95. The van der Waals surface area contributed by atoms with Gasteiger partial charge in [-0.3, -0.25) is 0 Å². The van der Waals surface area contributed by atoms with Gasteiger partial charge >= 0.3 is 0 Å². The van der Waals surface area contributed by atoms with Gasteiger partial charge in [0.25, 0.3) is 0 Å².